The molecule has 2 heterocycles. The van der Waals surface area contributed by atoms with Crippen molar-refractivity contribution in [2.24, 2.45) is 0 Å². The number of methoxy groups -OCH3 is 4. The fourth-order valence-electron chi connectivity index (χ4n) is 5.90. The molecule has 0 unspecified atom stereocenters. The maximum atomic E-state index is 6.98. The van der Waals surface area contributed by atoms with E-state index in [0.29, 0.717) is 33.9 Å². The minimum Gasteiger partial charge on any atom is -0.497 e. The van der Waals surface area contributed by atoms with Crippen molar-refractivity contribution >= 4 is 11.6 Å². The predicted octanol–water partition coefficient (Wildman–Crippen LogP) is 9.62. The molecule has 0 saturated carbocycles. The van der Waals surface area contributed by atoms with E-state index in [1.807, 2.05) is 121 Å². The first-order valence-corrected chi connectivity index (χ1v) is 15.9. The highest BCUT2D eigenvalue weighted by Gasteiger charge is 2.27. The number of aromatic amines is 1. The quantitative estimate of drug-likeness (QED) is 0.156. The molecule has 0 radical (unpaired) electrons. The van der Waals surface area contributed by atoms with Crippen LogP contribution < -0.4 is 18.9 Å². The fraction of sp³-hybridized carbons (Fsp3) is 0.100. The van der Waals surface area contributed by atoms with Gasteiger partial charge in [-0.2, -0.15) is 0 Å². The van der Waals surface area contributed by atoms with E-state index in [1.165, 1.54) is 0 Å². The predicted molar refractivity (Wildman–Crippen MR) is 194 cm³/mol. The van der Waals surface area contributed by atoms with Gasteiger partial charge in [-0.05, 0) is 60.7 Å². The van der Waals surface area contributed by atoms with Gasteiger partial charge >= 0.3 is 0 Å². The minimum atomic E-state index is 0.536. The molecule has 0 fully saturated rings. The second-order valence-corrected chi connectivity index (χ2v) is 11.6. The number of aromatic nitrogens is 4. The normalized spacial score (nSPS) is 11.0. The van der Waals surface area contributed by atoms with E-state index in [-0.39, 0.29) is 0 Å². The third-order valence-corrected chi connectivity index (χ3v) is 8.59. The van der Waals surface area contributed by atoms with Crippen LogP contribution in [0, 0.1) is 0 Å². The second kappa shape index (κ2) is 13.6. The number of ether oxygens (including phenoxy) is 4. The number of hydrogen-bond acceptors (Lipinski definition) is 6. The maximum Gasteiger partial charge on any atom is 0.182 e. The van der Waals surface area contributed by atoms with E-state index in [9.17, 15) is 0 Å². The highest BCUT2D eigenvalue weighted by molar-refractivity contribution is 6.32. The summed E-state index contributed by atoms with van der Waals surface area (Å²) in [5.74, 6) is 3.96. The average molecular weight is 669 g/mol. The van der Waals surface area contributed by atoms with Crippen LogP contribution in [-0.4, -0.2) is 48.0 Å². The monoisotopic (exact) mass is 668 g/mol. The fourth-order valence-corrected chi connectivity index (χ4v) is 6.12. The molecule has 7 aromatic rings. The molecule has 9 heteroatoms. The van der Waals surface area contributed by atoms with E-state index in [4.69, 9.17) is 40.5 Å². The summed E-state index contributed by atoms with van der Waals surface area (Å²) >= 11 is 6.98. The van der Waals surface area contributed by atoms with Crippen LogP contribution in [0.3, 0.4) is 0 Å². The molecule has 49 heavy (non-hydrogen) atoms. The molecule has 0 aliphatic rings. The molecule has 0 aliphatic heterocycles. The SMILES string of the molecule is COc1cccc(-c2nc(-c3nc(-c4cccc(OC)c4)c(-c4cccc(OC)c4)n3-c3ccccc3Cl)[nH]c2-c2cccc(OC)c2)c1. The van der Waals surface area contributed by atoms with Crippen LogP contribution in [0.15, 0.2) is 121 Å². The van der Waals surface area contributed by atoms with Crippen LogP contribution in [-0.2, 0) is 0 Å². The number of rotatable bonds is 10. The van der Waals surface area contributed by atoms with Crippen molar-refractivity contribution in [2.45, 2.75) is 0 Å². The lowest BCUT2D eigenvalue weighted by molar-refractivity contribution is 0.415. The third kappa shape index (κ3) is 6.10. The van der Waals surface area contributed by atoms with E-state index in [2.05, 4.69) is 9.55 Å². The zero-order valence-electron chi connectivity index (χ0n) is 27.4. The van der Waals surface area contributed by atoms with Gasteiger partial charge in [0.15, 0.2) is 11.6 Å². The number of para-hydroxylation sites is 1. The molecule has 0 amide bonds. The minimum absolute atomic E-state index is 0.536. The van der Waals surface area contributed by atoms with Crippen LogP contribution in [0.1, 0.15) is 0 Å². The summed E-state index contributed by atoms with van der Waals surface area (Å²) in [6.07, 6.45) is 0. The Morgan fingerprint density at radius 1 is 0.531 bits per heavy atom. The van der Waals surface area contributed by atoms with Crippen molar-refractivity contribution in [3.8, 4) is 85.4 Å². The Balaban J connectivity index is 1.58. The van der Waals surface area contributed by atoms with Crippen molar-refractivity contribution in [1.29, 1.82) is 0 Å². The van der Waals surface area contributed by atoms with Gasteiger partial charge in [-0.25, -0.2) is 9.97 Å². The van der Waals surface area contributed by atoms with Crippen LogP contribution in [0.25, 0.3) is 62.4 Å². The van der Waals surface area contributed by atoms with Crippen LogP contribution in [0.4, 0.5) is 0 Å². The van der Waals surface area contributed by atoms with Crippen molar-refractivity contribution < 1.29 is 18.9 Å². The first-order valence-electron chi connectivity index (χ1n) is 15.6. The summed E-state index contributed by atoms with van der Waals surface area (Å²) in [7, 11) is 6.61. The van der Waals surface area contributed by atoms with Gasteiger partial charge in [0.2, 0.25) is 0 Å². The van der Waals surface area contributed by atoms with Crippen LogP contribution >= 0.6 is 11.6 Å². The lowest BCUT2D eigenvalue weighted by atomic mass is 10.0. The lowest BCUT2D eigenvalue weighted by Gasteiger charge is -2.15. The molecular weight excluding hydrogens is 636 g/mol. The Morgan fingerprint density at radius 3 is 1.59 bits per heavy atom. The number of hydrogen-bond donors (Lipinski definition) is 1. The Hall–Kier alpha value is -5.99. The van der Waals surface area contributed by atoms with E-state index in [0.717, 1.165) is 56.5 Å². The van der Waals surface area contributed by atoms with Gasteiger partial charge in [0.05, 0.1) is 61.9 Å². The van der Waals surface area contributed by atoms with Gasteiger partial charge < -0.3 is 23.9 Å². The number of H-pyrrole nitrogens is 1. The molecule has 244 valence electrons. The van der Waals surface area contributed by atoms with Gasteiger partial charge in [0.1, 0.15) is 23.0 Å². The molecule has 2 aromatic heterocycles. The number of halogens is 1. The molecule has 5 aromatic carbocycles. The number of imidazole rings is 2. The number of benzene rings is 5. The second-order valence-electron chi connectivity index (χ2n) is 11.2. The van der Waals surface area contributed by atoms with Crippen molar-refractivity contribution in [3.63, 3.8) is 0 Å². The summed E-state index contributed by atoms with van der Waals surface area (Å²) in [5, 5.41) is 0.551. The largest absolute Gasteiger partial charge is 0.497 e. The average Bonchev–Trinajstić information content (AvgIpc) is 3.78. The summed E-state index contributed by atoms with van der Waals surface area (Å²) in [4.78, 5) is 14.2. The van der Waals surface area contributed by atoms with Gasteiger partial charge in [-0.15, -0.1) is 0 Å². The first kappa shape index (κ1) is 31.6. The molecule has 0 atom stereocenters. The van der Waals surface area contributed by atoms with Gasteiger partial charge in [0, 0.05) is 22.3 Å². The highest BCUT2D eigenvalue weighted by atomic mass is 35.5. The Bertz CT molecular complexity index is 2210. The van der Waals surface area contributed by atoms with E-state index in [1.54, 1.807) is 28.4 Å². The van der Waals surface area contributed by atoms with E-state index < -0.39 is 0 Å². The zero-order chi connectivity index (χ0) is 33.9. The Labute approximate surface area is 289 Å². The van der Waals surface area contributed by atoms with Crippen molar-refractivity contribution in [3.05, 3.63) is 126 Å². The zero-order valence-corrected chi connectivity index (χ0v) is 28.2. The molecule has 0 bridgehead atoms. The van der Waals surface area contributed by atoms with Crippen molar-refractivity contribution in [1.82, 2.24) is 19.5 Å². The van der Waals surface area contributed by atoms with Gasteiger partial charge in [0.25, 0.3) is 0 Å². The Kier molecular flexibility index (Phi) is 8.79. The lowest BCUT2D eigenvalue weighted by Crippen LogP contribution is -2.02. The summed E-state index contributed by atoms with van der Waals surface area (Å²) in [6, 6.07) is 39.2. The summed E-state index contributed by atoms with van der Waals surface area (Å²) < 4.78 is 24.5. The summed E-state index contributed by atoms with van der Waals surface area (Å²) in [5.41, 5.74) is 7.27. The van der Waals surface area contributed by atoms with Crippen LogP contribution in [0.2, 0.25) is 5.02 Å². The summed E-state index contributed by atoms with van der Waals surface area (Å²) in [6.45, 7) is 0. The molecule has 0 spiro atoms. The molecule has 7 rings (SSSR count). The molecular formula is C40H33ClN4O4. The number of nitrogens with zero attached hydrogens (tertiary/aromatic N) is 3. The first-order chi connectivity index (χ1) is 24.0. The third-order valence-electron chi connectivity index (χ3n) is 8.27. The maximum absolute atomic E-state index is 6.98. The van der Waals surface area contributed by atoms with Gasteiger partial charge in [-0.3, -0.25) is 4.57 Å². The smallest absolute Gasteiger partial charge is 0.182 e. The topological polar surface area (TPSA) is 83.4 Å². The molecule has 0 aliphatic carbocycles. The molecule has 8 nitrogen and oxygen atoms in total. The number of nitrogens with one attached hydrogen (secondary N) is 1. The van der Waals surface area contributed by atoms with Gasteiger partial charge in [-0.1, -0.05) is 72.3 Å². The van der Waals surface area contributed by atoms with Crippen molar-refractivity contribution in [2.75, 3.05) is 28.4 Å². The standard InChI is InChI=1S/C40H33ClN4O4/c1-46-29-15-7-11-25(21-29)35-36(26-12-8-16-30(22-26)47-2)43-39(42-35)40-44-37(27-13-9-17-31(23-27)48-3)38(28-14-10-18-32(24-28)49-4)45(40)34-20-6-5-19-33(34)41/h5-24H,1-4H3,(H,42,43). The highest BCUT2D eigenvalue weighted by Crippen LogP contribution is 2.43. The van der Waals surface area contributed by atoms with Crippen LogP contribution in [0.5, 0.6) is 23.0 Å². The Morgan fingerprint density at radius 2 is 1.02 bits per heavy atom. The van der Waals surface area contributed by atoms with E-state index >= 15 is 0 Å². The molecule has 1 N–H and O–H groups in total. The molecule has 0 saturated heterocycles.